The number of carbonyl (C=O) groups excluding carboxylic acids is 1. The Kier molecular flexibility index (Phi) is 7.32. The van der Waals surface area contributed by atoms with Crippen molar-refractivity contribution in [3.8, 4) is 5.69 Å². The topological polar surface area (TPSA) is 67.2 Å². The summed E-state index contributed by atoms with van der Waals surface area (Å²) in [4.78, 5) is 36.2. The van der Waals surface area contributed by atoms with Crippen LogP contribution in [0.3, 0.4) is 0 Å². The fourth-order valence-corrected chi connectivity index (χ4v) is 7.11. The van der Waals surface area contributed by atoms with Gasteiger partial charge in [-0.1, -0.05) is 72.4 Å². The van der Waals surface area contributed by atoms with E-state index in [0.29, 0.717) is 10.5 Å². The van der Waals surface area contributed by atoms with Crippen LogP contribution in [0.4, 0.5) is 5.69 Å². The molecule has 3 heterocycles. The predicted octanol–water partition coefficient (Wildman–Crippen LogP) is 6.04. The minimum Gasteiger partial charge on any atom is -0.325 e. The van der Waals surface area contributed by atoms with Gasteiger partial charge in [0, 0.05) is 30.2 Å². The lowest BCUT2D eigenvalue weighted by molar-refractivity contribution is -0.113. The van der Waals surface area contributed by atoms with Crippen molar-refractivity contribution in [2.24, 2.45) is 0 Å². The molecule has 39 heavy (non-hydrogen) atoms. The van der Waals surface area contributed by atoms with Crippen LogP contribution in [0.2, 0.25) is 0 Å². The molecule has 0 saturated heterocycles. The van der Waals surface area contributed by atoms with E-state index in [9.17, 15) is 9.59 Å². The Morgan fingerprint density at radius 1 is 1.03 bits per heavy atom. The first-order valence-corrected chi connectivity index (χ1v) is 14.7. The van der Waals surface area contributed by atoms with Crippen molar-refractivity contribution in [2.75, 3.05) is 17.6 Å². The van der Waals surface area contributed by atoms with Crippen LogP contribution in [0.25, 0.3) is 15.9 Å². The van der Waals surface area contributed by atoms with Gasteiger partial charge < -0.3 is 5.32 Å². The molecule has 1 N–H and O–H groups in total. The maximum Gasteiger partial charge on any atom is 0.267 e. The van der Waals surface area contributed by atoms with Crippen LogP contribution in [-0.4, -0.2) is 32.7 Å². The number of hydrogen-bond donors (Lipinski definition) is 1. The normalized spacial score (nSPS) is 13.4. The van der Waals surface area contributed by atoms with Crippen LogP contribution in [0, 0.1) is 6.92 Å². The summed E-state index contributed by atoms with van der Waals surface area (Å²) in [6.45, 7) is 4.59. The first-order chi connectivity index (χ1) is 19.0. The Hall–Kier alpha value is -3.72. The van der Waals surface area contributed by atoms with E-state index in [1.54, 1.807) is 15.9 Å². The van der Waals surface area contributed by atoms with Gasteiger partial charge in [0.25, 0.3) is 5.56 Å². The van der Waals surface area contributed by atoms with Crippen LogP contribution in [0.1, 0.15) is 21.6 Å². The minimum atomic E-state index is -0.140. The number of amides is 1. The van der Waals surface area contributed by atoms with Crippen molar-refractivity contribution >= 4 is 44.9 Å². The van der Waals surface area contributed by atoms with Gasteiger partial charge in [-0.15, -0.1) is 11.3 Å². The molecule has 8 heteroatoms. The lowest BCUT2D eigenvalue weighted by Crippen LogP contribution is -2.30. The Labute approximate surface area is 235 Å². The average Bonchev–Trinajstić information content (AvgIpc) is 3.31. The van der Waals surface area contributed by atoms with Crippen molar-refractivity contribution < 1.29 is 4.79 Å². The first-order valence-electron chi connectivity index (χ1n) is 12.9. The lowest BCUT2D eigenvalue weighted by Gasteiger charge is -2.26. The van der Waals surface area contributed by atoms with E-state index in [2.05, 4.69) is 34.5 Å². The molecular weight excluding hydrogens is 525 g/mol. The summed E-state index contributed by atoms with van der Waals surface area (Å²) in [6.07, 6.45) is 0.818. The summed E-state index contributed by atoms with van der Waals surface area (Å²) in [7, 11) is 0. The third kappa shape index (κ3) is 5.54. The van der Waals surface area contributed by atoms with E-state index < -0.39 is 0 Å². The van der Waals surface area contributed by atoms with Gasteiger partial charge in [0.1, 0.15) is 4.83 Å². The number of carbonyl (C=O) groups is 1. The number of benzene rings is 3. The van der Waals surface area contributed by atoms with Crippen LogP contribution in [0.15, 0.2) is 94.9 Å². The van der Waals surface area contributed by atoms with Gasteiger partial charge in [0.05, 0.1) is 16.8 Å². The predicted molar refractivity (Wildman–Crippen MR) is 160 cm³/mol. The van der Waals surface area contributed by atoms with E-state index in [0.717, 1.165) is 53.4 Å². The first kappa shape index (κ1) is 25.6. The van der Waals surface area contributed by atoms with Gasteiger partial charge in [-0.2, -0.15) is 0 Å². The monoisotopic (exact) mass is 552 g/mol. The fraction of sp³-hybridized carbons (Fsp3) is 0.194. The minimum absolute atomic E-state index is 0.0643. The number of thiophene rings is 1. The maximum absolute atomic E-state index is 14.1. The second-order valence-electron chi connectivity index (χ2n) is 9.71. The fourth-order valence-electron chi connectivity index (χ4n) is 4.99. The highest BCUT2D eigenvalue weighted by Gasteiger charge is 2.26. The molecule has 0 radical (unpaired) electrons. The van der Waals surface area contributed by atoms with E-state index in [1.807, 2.05) is 67.6 Å². The summed E-state index contributed by atoms with van der Waals surface area (Å²) in [6, 6.07) is 27.7. The van der Waals surface area contributed by atoms with Crippen molar-refractivity contribution in [3.63, 3.8) is 0 Å². The number of hydrogen-bond acceptors (Lipinski definition) is 6. The van der Waals surface area contributed by atoms with Crippen molar-refractivity contribution in [3.05, 3.63) is 117 Å². The molecule has 6 nitrogen and oxygen atoms in total. The van der Waals surface area contributed by atoms with Gasteiger partial charge >= 0.3 is 0 Å². The van der Waals surface area contributed by atoms with E-state index in [-0.39, 0.29) is 17.2 Å². The third-order valence-corrected chi connectivity index (χ3v) is 8.87. The number of rotatable bonds is 7. The molecule has 0 spiro atoms. The van der Waals surface area contributed by atoms with E-state index in [1.165, 1.54) is 22.2 Å². The Balaban J connectivity index is 1.34. The second kappa shape index (κ2) is 11.2. The van der Waals surface area contributed by atoms with Gasteiger partial charge in [0.2, 0.25) is 5.91 Å². The molecule has 1 aliphatic heterocycles. The SMILES string of the molecule is Cc1cccc(-n2c(SCC(=O)Nc3ccccc3)nc3sc4c(c3c2=O)CCN(Cc2ccccc2)C4)c1. The van der Waals surface area contributed by atoms with Gasteiger partial charge in [0.15, 0.2) is 5.16 Å². The largest absolute Gasteiger partial charge is 0.325 e. The maximum atomic E-state index is 14.1. The molecule has 0 fully saturated rings. The highest BCUT2D eigenvalue weighted by atomic mass is 32.2. The summed E-state index contributed by atoms with van der Waals surface area (Å²) in [5.41, 5.74) is 4.91. The number of anilines is 1. The van der Waals surface area contributed by atoms with E-state index >= 15 is 0 Å². The number of para-hydroxylation sites is 1. The van der Waals surface area contributed by atoms with Crippen LogP contribution in [0.5, 0.6) is 0 Å². The highest BCUT2D eigenvalue weighted by Crippen LogP contribution is 2.35. The molecule has 2 aromatic heterocycles. The van der Waals surface area contributed by atoms with Crippen LogP contribution in [-0.2, 0) is 24.3 Å². The zero-order chi connectivity index (χ0) is 26.8. The van der Waals surface area contributed by atoms with Gasteiger partial charge in [-0.05, 0) is 54.3 Å². The summed E-state index contributed by atoms with van der Waals surface area (Å²) >= 11 is 2.89. The van der Waals surface area contributed by atoms with Gasteiger partial charge in [-0.25, -0.2) is 4.98 Å². The average molecular weight is 553 g/mol. The molecular formula is C31H28N4O2S2. The Morgan fingerprint density at radius 2 is 1.79 bits per heavy atom. The molecule has 0 unspecified atom stereocenters. The molecule has 196 valence electrons. The zero-order valence-corrected chi connectivity index (χ0v) is 23.2. The lowest BCUT2D eigenvalue weighted by atomic mass is 10.0. The molecule has 5 aromatic rings. The number of nitrogens with one attached hydrogen (secondary N) is 1. The molecule has 6 rings (SSSR count). The molecule has 3 aromatic carbocycles. The third-order valence-electron chi connectivity index (χ3n) is 6.82. The smallest absolute Gasteiger partial charge is 0.267 e. The van der Waals surface area contributed by atoms with Crippen molar-refractivity contribution in [2.45, 2.75) is 31.6 Å². The molecule has 0 saturated carbocycles. The van der Waals surface area contributed by atoms with Crippen LogP contribution >= 0.6 is 23.1 Å². The Bertz CT molecular complexity index is 1700. The van der Waals surface area contributed by atoms with Crippen LogP contribution < -0.4 is 10.9 Å². The summed E-state index contributed by atoms with van der Waals surface area (Å²) in [5, 5.41) is 4.16. The number of thioether (sulfide) groups is 1. The second-order valence-corrected chi connectivity index (χ2v) is 11.7. The number of aromatic nitrogens is 2. The molecule has 0 aliphatic carbocycles. The highest BCUT2D eigenvalue weighted by molar-refractivity contribution is 7.99. The number of nitrogens with zero attached hydrogens (tertiary/aromatic N) is 3. The van der Waals surface area contributed by atoms with Gasteiger partial charge in [-0.3, -0.25) is 19.1 Å². The van der Waals surface area contributed by atoms with Crippen molar-refractivity contribution in [1.82, 2.24) is 14.5 Å². The quantitative estimate of drug-likeness (QED) is 0.197. The molecule has 0 atom stereocenters. The Morgan fingerprint density at radius 3 is 2.56 bits per heavy atom. The standard InChI is InChI=1S/C31H28N4O2S2/c1-21-9-8-14-24(17-21)35-30(37)28-25-15-16-34(18-22-10-4-2-5-11-22)19-26(25)39-29(28)33-31(35)38-20-27(36)32-23-12-6-3-7-13-23/h2-14,17H,15-16,18-20H2,1H3,(H,32,36). The molecule has 1 aliphatic rings. The summed E-state index contributed by atoms with van der Waals surface area (Å²) in [5.74, 6) is 0.00702. The molecule has 1 amide bonds. The van der Waals surface area contributed by atoms with E-state index in [4.69, 9.17) is 4.98 Å². The molecule has 0 bridgehead atoms. The zero-order valence-electron chi connectivity index (χ0n) is 21.6. The number of aryl methyl sites for hydroxylation is 1. The summed E-state index contributed by atoms with van der Waals surface area (Å²) < 4.78 is 1.68. The van der Waals surface area contributed by atoms with Crippen molar-refractivity contribution in [1.29, 1.82) is 0 Å². The number of fused-ring (bicyclic) bond motifs is 3.